The lowest BCUT2D eigenvalue weighted by Crippen LogP contribution is -2.33. The van der Waals surface area contributed by atoms with Gasteiger partial charge in [0, 0.05) is 6.54 Å². The minimum absolute atomic E-state index is 0.127. The van der Waals surface area contributed by atoms with Crippen LogP contribution in [0.15, 0.2) is 18.2 Å². The van der Waals surface area contributed by atoms with Crippen LogP contribution in [0.2, 0.25) is 0 Å². The number of para-hydroxylation sites is 1. The topological polar surface area (TPSA) is 67.6 Å². The third-order valence-corrected chi connectivity index (χ3v) is 3.88. The summed E-state index contributed by atoms with van der Waals surface area (Å²) in [4.78, 5) is 14.6. The number of nitrogens with one attached hydrogen (secondary N) is 1. The number of methoxy groups -OCH3 is 1. The quantitative estimate of drug-likeness (QED) is 0.620. The molecule has 1 heterocycles. The second-order valence-electron chi connectivity index (χ2n) is 5.44. The lowest BCUT2D eigenvalue weighted by atomic mass is 10.1. The molecule has 1 amide bonds. The molecule has 0 saturated carbocycles. The molecular weight excluding hydrogens is 266 g/mol. The maximum Gasteiger partial charge on any atom is 0.255 e. The van der Waals surface area contributed by atoms with E-state index >= 15 is 0 Å². The average molecular weight is 291 g/mol. The summed E-state index contributed by atoms with van der Waals surface area (Å²) in [6.45, 7) is 4.11. The molecule has 0 atom stereocenters. The molecule has 3 N–H and O–H groups in total. The summed E-state index contributed by atoms with van der Waals surface area (Å²) in [5, 5.41) is 2.94. The van der Waals surface area contributed by atoms with E-state index in [0.29, 0.717) is 23.5 Å². The summed E-state index contributed by atoms with van der Waals surface area (Å²) >= 11 is 0. The van der Waals surface area contributed by atoms with E-state index in [0.717, 1.165) is 13.0 Å². The number of amides is 1. The minimum atomic E-state index is -0.127. The third-order valence-electron chi connectivity index (χ3n) is 3.88. The summed E-state index contributed by atoms with van der Waals surface area (Å²) < 4.78 is 5.20. The molecule has 1 aromatic carbocycles. The minimum Gasteiger partial charge on any atom is -0.494 e. The number of anilines is 1. The molecule has 5 nitrogen and oxygen atoms in total. The first-order valence-corrected chi connectivity index (χ1v) is 7.65. The Morgan fingerprint density at radius 1 is 1.33 bits per heavy atom. The van der Waals surface area contributed by atoms with Gasteiger partial charge < -0.3 is 20.7 Å². The van der Waals surface area contributed by atoms with E-state index in [1.54, 1.807) is 18.2 Å². The lowest BCUT2D eigenvalue weighted by Gasteiger charge is -2.26. The van der Waals surface area contributed by atoms with Gasteiger partial charge in [-0.05, 0) is 51.0 Å². The van der Waals surface area contributed by atoms with Crippen molar-refractivity contribution in [2.45, 2.75) is 25.7 Å². The predicted molar refractivity (Wildman–Crippen MR) is 84.6 cm³/mol. The fourth-order valence-corrected chi connectivity index (χ4v) is 2.74. The van der Waals surface area contributed by atoms with Crippen molar-refractivity contribution in [2.75, 3.05) is 39.0 Å². The number of nitrogens with two attached hydrogens (primary N) is 1. The number of hydrogen-bond acceptors (Lipinski definition) is 4. The third kappa shape index (κ3) is 4.36. The van der Waals surface area contributed by atoms with Gasteiger partial charge in [0.15, 0.2) is 5.75 Å². The first-order valence-electron chi connectivity index (χ1n) is 7.65. The Hall–Kier alpha value is -1.75. The molecule has 1 aromatic rings. The second-order valence-corrected chi connectivity index (χ2v) is 5.44. The van der Waals surface area contributed by atoms with Crippen LogP contribution in [0, 0.1) is 0 Å². The van der Waals surface area contributed by atoms with Crippen molar-refractivity contribution in [1.82, 2.24) is 10.2 Å². The van der Waals surface area contributed by atoms with Crippen molar-refractivity contribution in [3.05, 3.63) is 23.8 Å². The van der Waals surface area contributed by atoms with Crippen LogP contribution in [0.1, 0.15) is 36.0 Å². The molecule has 1 aliphatic rings. The fourth-order valence-electron chi connectivity index (χ4n) is 2.74. The number of nitrogen functional groups attached to an aromatic ring is 1. The monoisotopic (exact) mass is 291 g/mol. The van der Waals surface area contributed by atoms with Crippen LogP contribution in [0.3, 0.4) is 0 Å². The number of rotatable bonds is 6. The highest BCUT2D eigenvalue weighted by Gasteiger charge is 2.14. The van der Waals surface area contributed by atoms with Crippen molar-refractivity contribution in [2.24, 2.45) is 0 Å². The molecule has 0 bridgehead atoms. The van der Waals surface area contributed by atoms with Crippen LogP contribution < -0.4 is 15.8 Å². The van der Waals surface area contributed by atoms with E-state index in [1.165, 1.54) is 39.5 Å². The smallest absolute Gasteiger partial charge is 0.255 e. The van der Waals surface area contributed by atoms with Gasteiger partial charge >= 0.3 is 0 Å². The maximum absolute atomic E-state index is 12.2. The highest BCUT2D eigenvalue weighted by atomic mass is 16.5. The molecule has 0 aromatic heterocycles. The van der Waals surface area contributed by atoms with Crippen LogP contribution in [0.25, 0.3) is 0 Å². The first-order chi connectivity index (χ1) is 10.2. The first kappa shape index (κ1) is 15.6. The van der Waals surface area contributed by atoms with Gasteiger partial charge in [0.05, 0.1) is 18.4 Å². The number of piperidine rings is 1. The molecule has 116 valence electrons. The molecule has 1 saturated heterocycles. The van der Waals surface area contributed by atoms with E-state index in [4.69, 9.17) is 10.5 Å². The van der Waals surface area contributed by atoms with Gasteiger partial charge in [-0.15, -0.1) is 0 Å². The molecular formula is C16H25N3O2. The molecule has 0 radical (unpaired) electrons. The summed E-state index contributed by atoms with van der Waals surface area (Å²) in [7, 11) is 1.53. The predicted octanol–water partition coefficient (Wildman–Crippen LogP) is 1.88. The van der Waals surface area contributed by atoms with Crippen molar-refractivity contribution in [3.8, 4) is 5.75 Å². The zero-order valence-electron chi connectivity index (χ0n) is 12.7. The standard InChI is InChI=1S/C16H25N3O2/c1-21-15-13(7-5-8-14(15)17)16(20)18-9-6-12-19-10-3-2-4-11-19/h5,7-8H,2-4,6,9-12,17H2,1H3,(H,18,20). The molecule has 0 aliphatic carbocycles. The van der Waals surface area contributed by atoms with Gasteiger partial charge in [-0.25, -0.2) is 0 Å². The second kappa shape index (κ2) is 7.88. The fraction of sp³-hybridized carbons (Fsp3) is 0.562. The molecule has 5 heteroatoms. The van der Waals surface area contributed by atoms with Gasteiger partial charge in [-0.3, -0.25) is 4.79 Å². The molecule has 21 heavy (non-hydrogen) atoms. The van der Waals surface area contributed by atoms with E-state index in [1.807, 2.05) is 0 Å². The molecule has 1 aliphatic heterocycles. The summed E-state index contributed by atoms with van der Waals surface area (Å²) in [5.74, 6) is 0.323. The Morgan fingerprint density at radius 3 is 2.81 bits per heavy atom. The van der Waals surface area contributed by atoms with Crippen molar-refractivity contribution < 1.29 is 9.53 Å². The number of hydrogen-bond donors (Lipinski definition) is 2. The van der Waals surface area contributed by atoms with Crippen molar-refractivity contribution in [1.29, 1.82) is 0 Å². The number of likely N-dealkylation sites (tertiary alicyclic amines) is 1. The van der Waals surface area contributed by atoms with Gasteiger partial charge in [0.2, 0.25) is 0 Å². The summed E-state index contributed by atoms with van der Waals surface area (Å²) in [6.07, 6.45) is 4.92. The number of carbonyl (C=O) groups excluding carboxylic acids is 1. The Kier molecular flexibility index (Phi) is 5.87. The van der Waals surface area contributed by atoms with E-state index in [-0.39, 0.29) is 5.91 Å². The van der Waals surface area contributed by atoms with Gasteiger partial charge in [-0.2, -0.15) is 0 Å². The number of benzene rings is 1. The molecule has 0 unspecified atom stereocenters. The summed E-state index contributed by atoms with van der Waals surface area (Å²) in [6, 6.07) is 5.22. The Bertz CT molecular complexity index is 471. The van der Waals surface area contributed by atoms with Gasteiger partial charge in [-0.1, -0.05) is 12.5 Å². The van der Waals surface area contributed by atoms with Crippen LogP contribution in [-0.2, 0) is 0 Å². The zero-order chi connectivity index (χ0) is 15.1. The Balaban J connectivity index is 1.78. The van der Waals surface area contributed by atoms with Crippen LogP contribution in [0.5, 0.6) is 5.75 Å². The highest BCUT2D eigenvalue weighted by Crippen LogP contribution is 2.25. The van der Waals surface area contributed by atoms with Crippen LogP contribution in [-0.4, -0.2) is 44.1 Å². The molecule has 2 rings (SSSR count). The van der Waals surface area contributed by atoms with Crippen molar-refractivity contribution in [3.63, 3.8) is 0 Å². The largest absolute Gasteiger partial charge is 0.494 e. The van der Waals surface area contributed by atoms with E-state index < -0.39 is 0 Å². The highest BCUT2D eigenvalue weighted by molar-refractivity contribution is 5.98. The lowest BCUT2D eigenvalue weighted by molar-refractivity contribution is 0.0948. The normalized spacial score (nSPS) is 15.7. The molecule has 1 fully saturated rings. The number of carbonyl (C=O) groups is 1. The van der Waals surface area contributed by atoms with Gasteiger partial charge in [0.25, 0.3) is 5.91 Å². The average Bonchev–Trinajstić information content (AvgIpc) is 2.52. The number of ether oxygens (including phenoxy) is 1. The Labute approximate surface area is 126 Å². The molecule has 0 spiro atoms. The SMILES string of the molecule is COc1c(N)cccc1C(=O)NCCCN1CCCCC1. The van der Waals surface area contributed by atoms with E-state index in [9.17, 15) is 4.79 Å². The zero-order valence-corrected chi connectivity index (χ0v) is 12.7. The van der Waals surface area contributed by atoms with Crippen LogP contribution >= 0.6 is 0 Å². The maximum atomic E-state index is 12.2. The number of nitrogens with zero attached hydrogens (tertiary/aromatic N) is 1. The summed E-state index contributed by atoms with van der Waals surface area (Å²) in [5.41, 5.74) is 6.79. The van der Waals surface area contributed by atoms with Crippen LogP contribution in [0.4, 0.5) is 5.69 Å². The van der Waals surface area contributed by atoms with Crippen molar-refractivity contribution >= 4 is 11.6 Å². The van der Waals surface area contributed by atoms with Gasteiger partial charge in [0.1, 0.15) is 0 Å². The Morgan fingerprint density at radius 2 is 2.10 bits per heavy atom. The van der Waals surface area contributed by atoms with E-state index in [2.05, 4.69) is 10.2 Å².